The Morgan fingerprint density at radius 1 is 1.35 bits per heavy atom. The Labute approximate surface area is 119 Å². The lowest BCUT2D eigenvalue weighted by Crippen LogP contribution is -2.28. The third-order valence-electron chi connectivity index (χ3n) is 3.68. The van der Waals surface area contributed by atoms with Crippen LogP contribution in [0, 0.1) is 13.8 Å². The number of hydrogen-bond acceptors (Lipinski definition) is 5. The van der Waals surface area contributed by atoms with E-state index < -0.39 is 0 Å². The predicted molar refractivity (Wildman–Crippen MR) is 78.6 cm³/mol. The molecule has 0 fully saturated rings. The maximum atomic E-state index is 5.44. The summed E-state index contributed by atoms with van der Waals surface area (Å²) in [6.45, 7) is 8.28. The maximum Gasteiger partial charge on any atom is 0.231 e. The van der Waals surface area contributed by atoms with Crippen LogP contribution in [0.15, 0.2) is 16.8 Å². The number of nitrogens with zero attached hydrogens (tertiary/aromatic N) is 3. The van der Waals surface area contributed by atoms with Gasteiger partial charge in [-0.05, 0) is 45.4 Å². The predicted octanol–water partition coefficient (Wildman–Crippen LogP) is 2.85. The normalized spacial score (nSPS) is 14.2. The van der Waals surface area contributed by atoms with E-state index in [9.17, 15) is 0 Å². The van der Waals surface area contributed by atoms with E-state index >= 15 is 0 Å². The van der Waals surface area contributed by atoms with Gasteiger partial charge in [0.05, 0.1) is 5.92 Å². The van der Waals surface area contributed by atoms with Gasteiger partial charge in [-0.25, -0.2) is 0 Å². The molecule has 0 saturated carbocycles. The first-order valence-electron chi connectivity index (χ1n) is 7.01. The first kappa shape index (κ1) is 14.7. The van der Waals surface area contributed by atoms with Crippen molar-refractivity contribution >= 4 is 0 Å². The van der Waals surface area contributed by atoms with Crippen molar-refractivity contribution in [2.24, 2.45) is 0 Å². The molecule has 0 aliphatic rings. The quantitative estimate of drug-likeness (QED) is 0.908. The van der Waals surface area contributed by atoms with Crippen molar-refractivity contribution in [3.8, 4) is 11.5 Å². The van der Waals surface area contributed by atoms with Crippen LogP contribution in [-0.2, 0) is 0 Å². The second kappa shape index (κ2) is 6.13. The van der Waals surface area contributed by atoms with Crippen molar-refractivity contribution in [2.45, 2.75) is 46.1 Å². The van der Waals surface area contributed by atoms with Crippen LogP contribution in [0.4, 0.5) is 0 Å². The Kier molecular flexibility index (Phi) is 4.49. The molecule has 0 bridgehead atoms. The number of hydrogen-bond donors (Lipinski definition) is 1. The highest BCUT2D eigenvalue weighted by atomic mass is 16.5. The zero-order chi connectivity index (χ0) is 14.7. The summed E-state index contributed by atoms with van der Waals surface area (Å²) in [4.78, 5) is 8.94. The summed E-state index contributed by atoms with van der Waals surface area (Å²) in [5, 5.41) is 7.32. The minimum absolute atomic E-state index is 0.215. The second-order valence-electron chi connectivity index (χ2n) is 5.23. The molecule has 0 aromatic carbocycles. The van der Waals surface area contributed by atoms with Gasteiger partial charge in [-0.1, -0.05) is 18.1 Å². The summed E-state index contributed by atoms with van der Waals surface area (Å²) in [6.07, 6.45) is 2.77. The van der Waals surface area contributed by atoms with E-state index in [0.29, 0.717) is 17.8 Å². The molecule has 2 aromatic rings. The Morgan fingerprint density at radius 3 is 2.70 bits per heavy atom. The summed E-state index contributed by atoms with van der Waals surface area (Å²) in [5.41, 5.74) is 2.98. The Hall–Kier alpha value is -1.75. The molecule has 0 aliphatic carbocycles. The van der Waals surface area contributed by atoms with E-state index in [1.165, 1.54) is 0 Å². The van der Waals surface area contributed by atoms with Gasteiger partial charge in [0.1, 0.15) is 5.69 Å². The molecule has 0 radical (unpaired) electrons. The highest BCUT2D eigenvalue weighted by Gasteiger charge is 2.23. The minimum Gasteiger partial charge on any atom is -0.339 e. The van der Waals surface area contributed by atoms with Crippen LogP contribution in [0.5, 0.6) is 0 Å². The summed E-state index contributed by atoms with van der Waals surface area (Å²) in [6, 6.07) is 2.37. The highest BCUT2D eigenvalue weighted by molar-refractivity contribution is 5.54. The van der Waals surface area contributed by atoms with Crippen LogP contribution in [-0.4, -0.2) is 28.2 Å². The lowest BCUT2D eigenvalue weighted by molar-refractivity contribution is 0.322. The van der Waals surface area contributed by atoms with Gasteiger partial charge in [0.2, 0.25) is 11.7 Å². The van der Waals surface area contributed by atoms with Gasteiger partial charge < -0.3 is 9.84 Å². The van der Waals surface area contributed by atoms with E-state index in [-0.39, 0.29) is 5.92 Å². The van der Waals surface area contributed by atoms with Gasteiger partial charge in [-0.2, -0.15) is 4.98 Å². The molecule has 2 aromatic heterocycles. The topological polar surface area (TPSA) is 63.8 Å². The summed E-state index contributed by atoms with van der Waals surface area (Å²) in [5.74, 6) is 1.46. The van der Waals surface area contributed by atoms with E-state index in [1.807, 2.05) is 27.1 Å². The largest absolute Gasteiger partial charge is 0.339 e. The fraction of sp³-hybridized carbons (Fsp3) is 0.533. The minimum atomic E-state index is 0.215. The molecule has 0 spiro atoms. The van der Waals surface area contributed by atoms with Crippen LogP contribution < -0.4 is 5.32 Å². The van der Waals surface area contributed by atoms with Crippen LogP contribution in [0.3, 0.4) is 0 Å². The van der Waals surface area contributed by atoms with Crippen molar-refractivity contribution < 1.29 is 4.52 Å². The van der Waals surface area contributed by atoms with Crippen molar-refractivity contribution in [3.05, 3.63) is 29.3 Å². The number of likely N-dealkylation sites (N-methyl/N-ethyl adjacent to an activating group) is 1. The number of pyridine rings is 1. The van der Waals surface area contributed by atoms with Crippen molar-refractivity contribution in [3.63, 3.8) is 0 Å². The van der Waals surface area contributed by atoms with Gasteiger partial charge in [-0.3, -0.25) is 4.98 Å². The van der Waals surface area contributed by atoms with Gasteiger partial charge in [-0.15, -0.1) is 0 Å². The van der Waals surface area contributed by atoms with Gasteiger partial charge in [0.25, 0.3) is 0 Å². The molecular formula is C15H22N4O. The van der Waals surface area contributed by atoms with Crippen molar-refractivity contribution in [1.82, 2.24) is 20.4 Å². The molecular weight excluding hydrogens is 252 g/mol. The molecule has 5 heteroatoms. The van der Waals surface area contributed by atoms with Crippen molar-refractivity contribution in [1.29, 1.82) is 0 Å². The van der Waals surface area contributed by atoms with Crippen LogP contribution in [0.2, 0.25) is 0 Å². The second-order valence-corrected chi connectivity index (χ2v) is 5.23. The maximum absolute atomic E-state index is 5.44. The molecule has 0 aliphatic heterocycles. The standard InChI is InChI=1S/C15H22N4O/c1-6-12(11(4)16-5)15-18-14(19-20-15)13-10(3)7-9(2)8-17-13/h7-8,11-12,16H,6H2,1-5H3. The average Bonchev–Trinajstić information content (AvgIpc) is 2.88. The third kappa shape index (κ3) is 2.88. The zero-order valence-electron chi connectivity index (χ0n) is 12.8. The van der Waals surface area contributed by atoms with Gasteiger partial charge in [0, 0.05) is 12.2 Å². The Morgan fingerprint density at radius 2 is 2.10 bits per heavy atom. The SMILES string of the molecule is CCC(c1nc(-c2ncc(C)cc2C)no1)C(C)NC. The van der Waals surface area contributed by atoms with E-state index in [2.05, 4.69) is 40.4 Å². The van der Waals surface area contributed by atoms with E-state index in [4.69, 9.17) is 4.52 Å². The lowest BCUT2D eigenvalue weighted by atomic mass is 9.98. The highest BCUT2D eigenvalue weighted by Crippen LogP contribution is 2.25. The van der Waals surface area contributed by atoms with Crippen LogP contribution in [0.25, 0.3) is 11.5 Å². The molecule has 20 heavy (non-hydrogen) atoms. The molecule has 108 valence electrons. The summed E-state index contributed by atoms with van der Waals surface area (Å²) in [7, 11) is 1.94. The Balaban J connectivity index is 2.32. The van der Waals surface area contributed by atoms with E-state index in [0.717, 1.165) is 23.2 Å². The monoisotopic (exact) mass is 274 g/mol. The van der Waals surface area contributed by atoms with Gasteiger partial charge in [0.15, 0.2) is 0 Å². The number of aromatic nitrogens is 3. The molecule has 2 rings (SSSR count). The molecule has 5 nitrogen and oxygen atoms in total. The molecule has 0 saturated heterocycles. The Bertz CT molecular complexity index is 579. The fourth-order valence-corrected chi connectivity index (χ4v) is 2.37. The third-order valence-corrected chi connectivity index (χ3v) is 3.68. The smallest absolute Gasteiger partial charge is 0.231 e. The first-order chi connectivity index (χ1) is 9.56. The number of aryl methyl sites for hydroxylation is 2. The number of rotatable bonds is 5. The van der Waals surface area contributed by atoms with Crippen molar-refractivity contribution in [2.75, 3.05) is 7.05 Å². The fourth-order valence-electron chi connectivity index (χ4n) is 2.37. The molecule has 1 N–H and O–H groups in total. The summed E-state index contributed by atoms with van der Waals surface area (Å²) < 4.78 is 5.44. The van der Waals surface area contributed by atoms with Crippen LogP contribution >= 0.6 is 0 Å². The lowest BCUT2D eigenvalue weighted by Gasteiger charge is -2.17. The van der Waals surface area contributed by atoms with E-state index in [1.54, 1.807) is 0 Å². The molecule has 0 amide bonds. The molecule has 2 heterocycles. The van der Waals surface area contributed by atoms with Crippen LogP contribution in [0.1, 0.15) is 43.2 Å². The van der Waals surface area contributed by atoms with Gasteiger partial charge >= 0.3 is 0 Å². The average molecular weight is 274 g/mol. The zero-order valence-corrected chi connectivity index (χ0v) is 12.8. The molecule has 2 unspecified atom stereocenters. The molecule has 2 atom stereocenters. The first-order valence-corrected chi connectivity index (χ1v) is 7.01. The number of nitrogens with one attached hydrogen (secondary N) is 1. The summed E-state index contributed by atoms with van der Waals surface area (Å²) >= 11 is 0.